The minimum Gasteiger partial charge on any atom is -0.443 e. The van der Waals surface area contributed by atoms with Gasteiger partial charge in [-0.3, -0.25) is 0 Å². The van der Waals surface area contributed by atoms with Gasteiger partial charge in [-0.25, -0.2) is 4.98 Å². The second kappa shape index (κ2) is 7.05. The molecule has 0 spiro atoms. The molecule has 0 unspecified atom stereocenters. The highest BCUT2D eigenvalue weighted by Gasteiger charge is 2.11. The number of rotatable bonds is 6. The van der Waals surface area contributed by atoms with E-state index in [0.29, 0.717) is 18.2 Å². The van der Waals surface area contributed by atoms with Crippen LogP contribution in [-0.4, -0.2) is 25.2 Å². The highest BCUT2D eigenvalue weighted by Crippen LogP contribution is 2.30. The van der Waals surface area contributed by atoms with Crippen LogP contribution in [0.1, 0.15) is 5.69 Å². The lowest BCUT2D eigenvalue weighted by Gasteiger charge is -2.05. The Labute approximate surface area is 125 Å². The standard InChI is InChI=1S/C13H14BrClN2O2/c1-18-5-4-16-7-12-13(19-8-17-12)9-2-3-10(14)11(15)6-9/h2-3,6,8,16H,4-5,7H2,1H3. The molecule has 1 heterocycles. The smallest absolute Gasteiger partial charge is 0.181 e. The summed E-state index contributed by atoms with van der Waals surface area (Å²) in [6.07, 6.45) is 1.44. The van der Waals surface area contributed by atoms with Gasteiger partial charge < -0.3 is 14.5 Å². The first-order valence-corrected chi connectivity index (χ1v) is 6.97. The van der Waals surface area contributed by atoms with Crippen LogP contribution < -0.4 is 5.32 Å². The summed E-state index contributed by atoms with van der Waals surface area (Å²) in [6.45, 7) is 2.06. The lowest BCUT2D eigenvalue weighted by atomic mass is 10.1. The fourth-order valence-electron chi connectivity index (χ4n) is 1.65. The van der Waals surface area contributed by atoms with Crippen LogP contribution in [0.15, 0.2) is 33.5 Å². The van der Waals surface area contributed by atoms with Crippen LogP contribution in [0.2, 0.25) is 5.02 Å². The number of oxazole rings is 1. The first-order chi connectivity index (χ1) is 9.22. The Morgan fingerprint density at radius 3 is 3.05 bits per heavy atom. The topological polar surface area (TPSA) is 47.3 Å². The maximum Gasteiger partial charge on any atom is 0.181 e. The third-order valence-electron chi connectivity index (χ3n) is 2.60. The minimum atomic E-state index is 0.628. The zero-order valence-corrected chi connectivity index (χ0v) is 12.8. The summed E-state index contributed by atoms with van der Waals surface area (Å²) in [5.74, 6) is 0.735. The molecule has 0 amide bonds. The van der Waals surface area contributed by atoms with E-state index in [2.05, 4.69) is 26.2 Å². The number of halogens is 2. The van der Waals surface area contributed by atoms with Gasteiger partial charge in [-0.15, -0.1) is 0 Å². The number of methoxy groups -OCH3 is 1. The zero-order valence-electron chi connectivity index (χ0n) is 10.5. The molecule has 1 N–H and O–H groups in total. The molecule has 6 heteroatoms. The minimum absolute atomic E-state index is 0.628. The number of ether oxygens (including phenoxy) is 1. The molecule has 102 valence electrons. The van der Waals surface area contributed by atoms with Gasteiger partial charge in [-0.1, -0.05) is 11.6 Å². The molecule has 0 radical (unpaired) electrons. The van der Waals surface area contributed by atoms with E-state index >= 15 is 0 Å². The molecule has 1 aromatic heterocycles. The van der Waals surface area contributed by atoms with Crippen molar-refractivity contribution >= 4 is 27.5 Å². The van der Waals surface area contributed by atoms with Gasteiger partial charge in [0.25, 0.3) is 0 Å². The first-order valence-electron chi connectivity index (χ1n) is 5.80. The van der Waals surface area contributed by atoms with E-state index in [-0.39, 0.29) is 0 Å². The fraction of sp³-hybridized carbons (Fsp3) is 0.308. The van der Waals surface area contributed by atoms with Crippen LogP contribution in [0.4, 0.5) is 0 Å². The van der Waals surface area contributed by atoms with E-state index in [0.717, 1.165) is 28.0 Å². The SMILES string of the molecule is COCCNCc1ncoc1-c1ccc(Br)c(Cl)c1. The van der Waals surface area contributed by atoms with Crippen molar-refractivity contribution in [2.24, 2.45) is 0 Å². The largest absolute Gasteiger partial charge is 0.443 e. The Bertz CT molecular complexity index is 545. The van der Waals surface area contributed by atoms with Crippen molar-refractivity contribution in [2.45, 2.75) is 6.54 Å². The fourth-order valence-corrected chi connectivity index (χ4v) is 2.08. The predicted molar refractivity (Wildman–Crippen MR) is 78.2 cm³/mol. The number of nitrogens with one attached hydrogen (secondary N) is 1. The Balaban J connectivity index is 2.12. The van der Waals surface area contributed by atoms with E-state index in [1.54, 1.807) is 7.11 Å². The van der Waals surface area contributed by atoms with Crippen molar-refractivity contribution in [3.05, 3.63) is 39.8 Å². The van der Waals surface area contributed by atoms with Gasteiger partial charge >= 0.3 is 0 Å². The molecule has 19 heavy (non-hydrogen) atoms. The summed E-state index contributed by atoms with van der Waals surface area (Å²) in [4.78, 5) is 4.22. The third kappa shape index (κ3) is 3.79. The molecule has 2 rings (SSSR count). The van der Waals surface area contributed by atoms with E-state index < -0.39 is 0 Å². The van der Waals surface area contributed by atoms with Crippen LogP contribution in [0.3, 0.4) is 0 Å². The van der Waals surface area contributed by atoms with Gasteiger partial charge in [0.15, 0.2) is 12.2 Å². The molecule has 0 aliphatic heterocycles. The number of hydrogen-bond acceptors (Lipinski definition) is 4. The number of nitrogens with zero attached hydrogens (tertiary/aromatic N) is 1. The van der Waals surface area contributed by atoms with E-state index in [9.17, 15) is 0 Å². The Kier molecular flexibility index (Phi) is 5.39. The number of aromatic nitrogens is 1. The Morgan fingerprint density at radius 1 is 1.47 bits per heavy atom. The summed E-state index contributed by atoms with van der Waals surface area (Å²) in [5.41, 5.74) is 1.77. The maximum absolute atomic E-state index is 6.09. The predicted octanol–water partition coefficient (Wildman–Crippen LogP) is 3.49. The van der Waals surface area contributed by atoms with Gasteiger partial charge in [-0.2, -0.15) is 0 Å². The van der Waals surface area contributed by atoms with Crippen molar-refractivity contribution in [1.29, 1.82) is 0 Å². The summed E-state index contributed by atoms with van der Waals surface area (Å²) < 4.78 is 11.3. The highest BCUT2D eigenvalue weighted by atomic mass is 79.9. The highest BCUT2D eigenvalue weighted by molar-refractivity contribution is 9.10. The Hall–Kier alpha value is -0.880. The molecule has 0 fully saturated rings. The van der Waals surface area contributed by atoms with Crippen molar-refractivity contribution in [3.63, 3.8) is 0 Å². The average molecular weight is 346 g/mol. The monoisotopic (exact) mass is 344 g/mol. The number of hydrogen-bond donors (Lipinski definition) is 1. The first kappa shape index (κ1) is 14.5. The molecule has 1 aromatic carbocycles. The maximum atomic E-state index is 6.09. The summed E-state index contributed by atoms with van der Waals surface area (Å²) in [5, 5.41) is 3.88. The molecule has 0 aliphatic rings. The van der Waals surface area contributed by atoms with Crippen molar-refractivity contribution in [3.8, 4) is 11.3 Å². The van der Waals surface area contributed by atoms with Gasteiger partial charge in [0.2, 0.25) is 0 Å². The van der Waals surface area contributed by atoms with Crippen LogP contribution in [0.25, 0.3) is 11.3 Å². The molecule has 2 aromatic rings. The molecule has 0 atom stereocenters. The molecule has 0 aliphatic carbocycles. The average Bonchev–Trinajstić information content (AvgIpc) is 2.86. The van der Waals surface area contributed by atoms with Crippen LogP contribution in [0.5, 0.6) is 0 Å². The van der Waals surface area contributed by atoms with Gasteiger partial charge in [0, 0.05) is 30.2 Å². The third-order valence-corrected chi connectivity index (χ3v) is 3.83. The second-order valence-corrected chi connectivity index (χ2v) is 5.19. The van der Waals surface area contributed by atoms with Gasteiger partial charge in [-0.05, 0) is 34.1 Å². The van der Waals surface area contributed by atoms with E-state index in [1.165, 1.54) is 6.39 Å². The molecular formula is C13H14BrClN2O2. The summed E-state index contributed by atoms with van der Waals surface area (Å²) >= 11 is 9.45. The van der Waals surface area contributed by atoms with E-state index in [4.69, 9.17) is 20.8 Å². The van der Waals surface area contributed by atoms with Crippen LogP contribution in [-0.2, 0) is 11.3 Å². The molecule has 4 nitrogen and oxygen atoms in total. The normalized spacial score (nSPS) is 10.9. The zero-order chi connectivity index (χ0) is 13.7. The lowest BCUT2D eigenvalue weighted by molar-refractivity contribution is 0.199. The number of benzene rings is 1. The summed E-state index contributed by atoms with van der Waals surface area (Å²) in [6, 6.07) is 5.68. The molecule has 0 bridgehead atoms. The Morgan fingerprint density at radius 2 is 2.32 bits per heavy atom. The van der Waals surface area contributed by atoms with Gasteiger partial charge in [0.1, 0.15) is 5.69 Å². The molecular weight excluding hydrogens is 332 g/mol. The van der Waals surface area contributed by atoms with Crippen molar-refractivity contribution in [2.75, 3.05) is 20.3 Å². The molecule has 0 saturated carbocycles. The van der Waals surface area contributed by atoms with Crippen LogP contribution >= 0.6 is 27.5 Å². The lowest BCUT2D eigenvalue weighted by Crippen LogP contribution is -2.19. The van der Waals surface area contributed by atoms with Crippen LogP contribution in [0, 0.1) is 0 Å². The van der Waals surface area contributed by atoms with Gasteiger partial charge in [0.05, 0.1) is 11.6 Å². The summed E-state index contributed by atoms with van der Waals surface area (Å²) in [7, 11) is 1.67. The quantitative estimate of drug-likeness (QED) is 0.814. The van der Waals surface area contributed by atoms with Crippen molar-refractivity contribution < 1.29 is 9.15 Å². The second-order valence-electron chi connectivity index (χ2n) is 3.93. The molecule has 0 saturated heterocycles. The van der Waals surface area contributed by atoms with Crippen molar-refractivity contribution in [1.82, 2.24) is 10.3 Å². The van der Waals surface area contributed by atoms with E-state index in [1.807, 2.05) is 18.2 Å².